The molecule has 8 heavy (non-hydrogen) atoms. The van der Waals surface area contributed by atoms with E-state index >= 15 is 0 Å². The van der Waals surface area contributed by atoms with Gasteiger partial charge in [0, 0.05) is 0 Å². The number of nitrogens with two attached hydrogens (primary N) is 2. The average Bonchev–Trinajstić information content (AvgIpc) is 1.77. The first kappa shape index (κ1) is 4.92. The molecule has 0 radical (unpaired) electrons. The van der Waals surface area contributed by atoms with E-state index in [-0.39, 0.29) is 0 Å². The van der Waals surface area contributed by atoms with Crippen LogP contribution in [0.1, 0.15) is 0 Å². The van der Waals surface area contributed by atoms with Gasteiger partial charge in [0.25, 0.3) is 0 Å². The highest BCUT2D eigenvalue weighted by Gasteiger charge is 1.93. The molecule has 0 saturated carbocycles. The number of rotatable bonds is 0. The van der Waals surface area contributed by atoms with Crippen molar-refractivity contribution in [2.45, 2.75) is 0 Å². The maximum Gasteiger partial charge on any atom is 0.143 e. The largest absolute Gasteiger partial charge is 0.382 e. The standard InChI is InChI=1S/C3H7N5/c4-3-1-7-8(5)2-6-3/h1-2,7H,4-5H2. The summed E-state index contributed by atoms with van der Waals surface area (Å²) in [7, 11) is 0. The van der Waals surface area contributed by atoms with E-state index < -0.39 is 0 Å². The molecular weight excluding hydrogens is 106 g/mol. The molecule has 1 aliphatic heterocycles. The molecule has 0 aromatic rings. The Morgan fingerprint density at radius 2 is 2.50 bits per heavy atom. The van der Waals surface area contributed by atoms with Gasteiger partial charge in [-0.1, -0.05) is 0 Å². The van der Waals surface area contributed by atoms with Gasteiger partial charge in [-0.15, -0.1) is 0 Å². The van der Waals surface area contributed by atoms with Gasteiger partial charge in [-0.2, -0.15) is 0 Å². The Balaban J connectivity index is 2.58. The lowest BCUT2D eigenvalue weighted by molar-refractivity contribution is 0.377. The van der Waals surface area contributed by atoms with E-state index in [2.05, 4.69) is 10.4 Å². The highest BCUT2D eigenvalue weighted by atomic mass is 15.7. The topological polar surface area (TPSA) is 79.7 Å². The fourth-order valence-corrected chi connectivity index (χ4v) is 0.340. The molecule has 0 aliphatic carbocycles. The molecule has 5 N–H and O–H groups in total. The predicted molar refractivity (Wildman–Crippen MR) is 29.9 cm³/mol. The average molecular weight is 113 g/mol. The van der Waals surface area contributed by atoms with Gasteiger partial charge in [-0.25, -0.2) is 16.0 Å². The number of nitrogens with one attached hydrogen (secondary N) is 1. The summed E-state index contributed by atoms with van der Waals surface area (Å²) in [6, 6.07) is 0. The number of nitrogens with zero attached hydrogens (tertiary/aromatic N) is 2. The summed E-state index contributed by atoms with van der Waals surface area (Å²) >= 11 is 0. The first-order valence-corrected chi connectivity index (χ1v) is 2.09. The van der Waals surface area contributed by atoms with Gasteiger partial charge in [0.1, 0.15) is 12.2 Å². The maximum absolute atomic E-state index is 5.22. The lowest BCUT2D eigenvalue weighted by atomic mass is 10.7. The Labute approximate surface area is 46.6 Å². The third-order valence-corrected chi connectivity index (χ3v) is 0.693. The minimum Gasteiger partial charge on any atom is -0.382 e. The van der Waals surface area contributed by atoms with Crippen LogP contribution in [0.2, 0.25) is 0 Å². The van der Waals surface area contributed by atoms with Crippen LogP contribution in [-0.2, 0) is 0 Å². The zero-order chi connectivity index (χ0) is 5.98. The third-order valence-electron chi connectivity index (χ3n) is 0.693. The monoisotopic (exact) mass is 113 g/mol. The highest BCUT2D eigenvalue weighted by Crippen LogP contribution is 1.85. The van der Waals surface area contributed by atoms with Crippen molar-refractivity contribution in [1.29, 1.82) is 0 Å². The van der Waals surface area contributed by atoms with Crippen LogP contribution in [0.5, 0.6) is 0 Å². The van der Waals surface area contributed by atoms with Gasteiger partial charge in [-0.05, 0) is 0 Å². The van der Waals surface area contributed by atoms with E-state index in [0.29, 0.717) is 5.82 Å². The van der Waals surface area contributed by atoms with Crippen LogP contribution >= 0.6 is 0 Å². The van der Waals surface area contributed by atoms with E-state index in [1.165, 1.54) is 17.7 Å². The molecule has 1 heterocycles. The van der Waals surface area contributed by atoms with Gasteiger partial charge >= 0.3 is 0 Å². The molecule has 0 fully saturated rings. The predicted octanol–water partition coefficient (Wildman–Crippen LogP) is -1.53. The lowest BCUT2D eigenvalue weighted by Gasteiger charge is -2.14. The van der Waals surface area contributed by atoms with Crippen molar-refractivity contribution in [2.75, 3.05) is 0 Å². The third kappa shape index (κ3) is 0.881. The first-order valence-electron chi connectivity index (χ1n) is 2.09. The Morgan fingerprint density at radius 3 is 2.88 bits per heavy atom. The highest BCUT2D eigenvalue weighted by molar-refractivity contribution is 5.56. The number of hydrogen-bond donors (Lipinski definition) is 3. The second-order valence-corrected chi connectivity index (χ2v) is 1.35. The normalized spacial score (nSPS) is 17.6. The molecule has 5 nitrogen and oxygen atoms in total. The fraction of sp³-hybridized carbons (Fsp3) is 0. The molecule has 0 aromatic carbocycles. The molecule has 0 aromatic heterocycles. The maximum atomic E-state index is 5.22. The van der Waals surface area contributed by atoms with Crippen molar-refractivity contribution in [1.82, 2.24) is 10.5 Å². The van der Waals surface area contributed by atoms with Gasteiger partial charge in [-0.3, -0.25) is 5.43 Å². The quantitative estimate of drug-likeness (QED) is 0.333. The van der Waals surface area contributed by atoms with Crippen LogP contribution in [0.15, 0.2) is 17.0 Å². The van der Waals surface area contributed by atoms with Crippen LogP contribution < -0.4 is 17.0 Å². The SMILES string of the molecule is NC1=CNN(N)C=N1. The number of hydrazine groups is 2. The zero-order valence-corrected chi connectivity index (χ0v) is 4.20. The Hall–Kier alpha value is -1.23. The molecule has 0 atom stereocenters. The van der Waals surface area contributed by atoms with Crippen molar-refractivity contribution in [3.63, 3.8) is 0 Å². The van der Waals surface area contributed by atoms with Crippen molar-refractivity contribution in [3.8, 4) is 0 Å². The smallest absolute Gasteiger partial charge is 0.143 e. The Bertz CT molecular complexity index is 137. The summed E-state index contributed by atoms with van der Waals surface area (Å²) in [6.45, 7) is 0. The summed E-state index contributed by atoms with van der Waals surface area (Å²) in [5.74, 6) is 5.59. The van der Waals surface area contributed by atoms with Crippen molar-refractivity contribution >= 4 is 6.34 Å². The summed E-state index contributed by atoms with van der Waals surface area (Å²) in [4.78, 5) is 3.66. The summed E-state index contributed by atoms with van der Waals surface area (Å²) in [5, 5.41) is 1.20. The van der Waals surface area contributed by atoms with Gasteiger partial charge in [0.05, 0.1) is 6.20 Å². The number of hydrogen-bond acceptors (Lipinski definition) is 5. The summed E-state index contributed by atoms with van der Waals surface area (Å²) in [5.41, 5.74) is 7.82. The van der Waals surface area contributed by atoms with E-state index in [4.69, 9.17) is 11.6 Å². The first-order chi connectivity index (χ1) is 3.79. The molecule has 0 amide bonds. The van der Waals surface area contributed by atoms with Crippen LogP contribution in [-0.4, -0.2) is 11.5 Å². The molecule has 0 unspecified atom stereocenters. The van der Waals surface area contributed by atoms with E-state index in [1.807, 2.05) is 0 Å². The van der Waals surface area contributed by atoms with Gasteiger partial charge in [0.15, 0.2) is 0 Å². The van der Waals surface area contributed by atoms with Crippen molar-refractivity contribution in [2.24, 2.45) is 16.6 Å². The summed E-state index contributed by atoms with van der Waals surface area (Å²) < 4.78 is 0. The molecule has 5 heteroatoms. The van der Waals surface area contributed by atoms with Crippen molar-refractivity contribution < 1.29 is 0 Å². The zero-order valence-electron chi connectivity index (χ0n) is 4.20. The fourth-order valence-electron chi connectivity index (χ4n) is 0.340. The lowest BCUT2D eigenvalue weighted by Crippen LogP contribution is -2.41. The molecule has 44 valence electrons. The molecule has 1 rings (SSSR count). The van der Waals surface area contributed by atoms with E-state index in [0.717, 1.165) is 0 Å². The summed E-state index contributed by atoms with van der Waals surface area (Å²) in [6.07, 6.45) is 2.88. The molecule has 0 saturated heterocycles. The van der Waals surface area contributed by atoms with E-state index in [9.17, 15) is 0 Å². The Kier molecular flexibility index (Phi) is 1.05. The van der Waals surface area contributed by atoms with Crippen LogP contribution in [0.25, 0.3) is 0 Å². The van der Waals surface area contributed by atoms with Gasteiger partial charge < -0.3 is 5.73 Å². The van der Waals surface area contributed by atoms with Crippen LogP contribution in [0, 0.1) is 0 Å². The van der Waals surface area contributed by atoms with Crippen LogP contribution in [0.4, 0.5) is 0 Å². The molecular formula is C3H7N5. The number of aliphatic imine (C=N–C) groups is 1. The molecule has 0 bridgehead atoms. The van der Waals surface area contributed by atoms with Crippen LogP contribution in [0.3, 0.4) is 0 Å². The van der Waals surface area contributed by atoms with E-state index in [1.54, 1.807) is 0 Å². The molecule has 1 aliphatic rings. The second kappa shape index (κ2) is 1.71. The minimum atomic E-state index is 0.423. The second-order valence-electron chi connectivity index (χ2n) is 1.35. The van der Waals surface area contributed by atoms with Crippen molar-refractivity contribution in [3.05, 3.63) is 12.0 Å². The Morgan fingerprint density at radius 1 is 1.75 bits per heavy atom. The molecule has 0 spiro atoms. The minimum absolute atomic E-state index is 0.423. The van der Waals surface area contributed by atoms with Gasteiger partial charge in [0.2, 0.25) is 0 Å².